The van der Waals surface area contributed by atoms with E-state index in [1.807, 2.05) is 43.4 Å². The van der Waals surface area contributed by atoms with E-state index in [1.54, 1.807) is 35.6 Å². The molecule has 0 aliphatic heterocycles. The Morgan fingerprint density at radius 3 is 2.35 bits per heavy atom. The van der Waals surface area contributed by atoms with Crippen LogP contribution in [0.15, 0.2) is 46.7 Å². The predicted octanol–water partition coefficient (Wildman–Crippen LogP) is 2.10. The summed E-state index contributed by atoms with van der Waals surface area (Å²) in [5, 5.41) is 4.83. The molecule has 1 N–H and O–H groups in total. The second kappa shape index (κ2) is 8.77. The molecular weight excluding hydrogens is 370 g/mol. The molecule has 0 aliphatic carbocycles. The van der Waals surface area contributed by atoms with Gasteiger partial charge in [-0.15, -0.1) is 11.3 Å². The van der Waals surface area contributed by atoms with Crippen LogP contribution in [-0.2, 0) is 14.8 Å². The van der Waals surface area contributed by atoms with Gasteiger partial charge in [0.1, 0.15) is 0 Å². The molecule has 0 saturated carbocycles. The fraction of sp³-hybridized carbons (Fsp3) is 0.389. The molecule has 1 heterocycles. The number of amides is 1. The molecule has 1 aromatic heterocycles. The van der Waals surface area contributed by atoms with Crippen LogP contribution in [-0.4, -0.2) is 57.8 Å². The summed E-state index contributed by atoms with van der Waals surface area (Å²) in [4.78, 5) is 15.6. The van der Waals surface area contributed by atoms with Gasteiger partial charge in [0, 0.05) is 18.5 Å². The van der Waals surface area contributed by atoms with Crippen molar-refractivity contribution < 1.29 is 13.2 Å². The first-order valence-electron chi connectivity index (χ1n) is 8.21. The summed E-state index contributed by atoms with van der Waals surface area (Å²) < 4.78 is 26.2. The smallest absolute Gasteiger partial charge is 0.243 e. The molecule has 0 radical (unpaired) electrons. The average Bonchev–Trinajstić information content (AvgIpc) is 3.09. The Bertz CT molecular complexity index is 816. The summed E-state index contributed by atoms with van der Waals surface area (Å²) in [6.07, 6.45) is 0. The maximum atomic E-state index is 12.6. The normalized spacial score (nSPS) is 13.2. The van der Waals surface area contributed by atoms with Gasteiger partial charge in [0.2, 0.25) is 15.9 Å². The quantitative estimate of drug-likeness (QED) is 0.743. The average molecular weight is 396 g/mol. The predicted molar refractivity (Wildman–Crippen MR) is 105 cm³/mol. The number of thiophene rings is 1. The molecule has 0 spiro atoms. The van der Waals surface area contributed by atoms with Crippen molar-refractivity contribution in [3.8, 4) is 0 Å². The first kappa shape index (κ1) is 20.6. The summed E-state index contributed by atoms with van der Waals surface area (Å²) in [6, 6.07) is 10.6. The van der Waals surface area contributed by atoms with Crippen molar-refractivity contribution in [2.75, 3.05) is 34.2 Å². The fourth-order valence-corrected chi connectivity index (χ4v) is 4.51. The van der Waals surface area contributed by atoms with Crippen LogP contribution in [0.25, 0.3) is 0 Å². The summed E-state index contributed by atoms with van der Waals surface area (Å²) in [6.45, 7) is 2.09. The SMILES string of the molecule is Cc1ccc(S(=O)(=O)N(C)CC(=O)NC[C@H](c2cccs2)N(C)C)cc1. The molecule has 26 heavy (non-hydrogen) atoms. The number of benzene rings is 1. The number of aryl methyl sites for hydroxylation is 1. The molecule has 0 bridgehead atoms. The van der Waals surface area contributed by atoms with Gasteiger partial charge in [0.05, 0.1) is 17.5 Å². The van der Waals surface area contributed by atoms with Gasteiger partial charge in [-0.05, 0) is 44.6 Å². The van der Waals surface area contributed by atoms with Crippen molar-refractivity contribution in [2.45, 2.75) is 17.9 Å². The molecule has 0 unspecified atom stereocenters. The van der Waals surface area contributed by atoms with E-state index in [0.29, 0.717) is 6.54 Å². The third kappa shape index (κ3) is 5.14. The Morgan fingerprint density at radius 1 is 1.15 bits per heavy atom. The number of likely N-dealkylation sites (N-methyl/N-ethyl adjacent to an activating group) is 2. The third-order valence-electron chi connectivity index (χ3n) is 4.08. The zero-order valence-electron chi connectivity index (χ0n) is 15.5. The minimum absolute atomic E-state index is 0.0537. The first-order valence-corrected chi connectivity index (χ1v) is 10.5. The maximum Gasteiger partial charge on any atom is 0.243 e. The third-order valence-corrected chi connectivity index (χ3v) is 6.87. The molecule has 8 heteroatoms. The standard InChI is InChI=1S/C18H25N3O3S2/c1-14-7-9-15(10-8-14)26(23,24)21(4)13-18(22)19-12-16(20(2)3)17-6-5-11-25-17/h5-11,16H,12-13H2,1-4H3,(H,19,22)/t16-/m1/s1. The van der Waals surface area contributed by atoms with Crippen LogP contribution in [0.4, 0.5) is 0 Å². The Morgan fingerprint density at radius 2 is 1.81 bits per heavy atom. The van der Waals surface area contributed by atoms with Gasteiger partial charge in [0.25, 0.3) is 0 Å². The largest absolute Gasteiger partial charge is 0.353 e. The lowest BCUT2D eigenvalue weighted by Gasteiger charge is -2.24. The fourth-order valence-electron chi connectivity index (χ4n) is 2.46. The highest BCUT2D eigenvalue weighted by molar-refractivity contribution is 7.89. The second-order valence-electron chi connectivity index (χ2n) is 6.37. The van der Waals surface area contributed by atoms with E-state index < -0.39 is 10.0 Å². The van der Waals surface area contributed by atoms with Gasteiger partial charge in [-0.1, -0.05) is 23.8 Å². The van der Waals surface area contributed by atoms with Crippen molar-refractivity contribution >= 4 is 27.3 Å². The van der Waals surface area contributed by atoms with E-state index in [9.17, 15) is 13.2 Å². The number of hydrogen-bond acceptors (Lipinski definition) is 5. The van der Waals surface area contributed by atoms with Crippen LogP contribution in [0.1, 0.15) is 16.5 Å². The second-order valence-corrected chi connectivity index (χ2v) is 9.40. The zero-order chi connectivity index (χ0) is 19.3. The molecule has 0 fully saturated rings. The van der Waals surface area contributed by atoms with E-state index >= 15 is 0 Å². The number of hydrogen-bond donors (Lipinski definition) is 1. The minimum Gasteiger partial charge on any atom is -0.353 e. The Kier molecular flexibility index (Phi) is 6.94. The van der Waals surface area contributed by atoms with Crippen LogP contribution in [0.3, 0.4) is 0 Å². The maximum absolute atomic E-state index is 12.6. The van der Waals surface area contributed by atoms with Gasteiger partial charge in [0.15, 0.2) is 0 Å². The van der Waals surface area contributed by atoms with E-state index in [1.165, 1.54) is 7.05 Å². The number of nitrogens with one attached hydrogen (secondary N) is 1. The molecule has 142 valence electrons. The molecule has 1 aromatic carbocycles. The molecule has 6 nitrogen and oxygen atoms in total. The number of carbonyl (C=O) groups is 1. The van der Waals surface area contributed by atoms with Crippen molar-refractivity contribution in [3.63, 3.8) is 0 Å². The highest BCUT2D eigenvalue weighted by Gasteiger charge is 2.23. The topological polar surface area (TPSA) is 69.7 Å². The molecule has 0 aliphatic rings. The lowest BCUT2D eigenvalue weighted by molar-refractivity contribution is -0.121. The zero-order valence-corrected chi connectivity index (χ0v) is 17.1. The van der Waals surface area contributed by atoms with Crippen molar-refractivity contribution in [3.05, 3.63) is 52.2 Å². The highest BCUT2D eigenvalue weighted by Crippen LogP contribution is 2.22. The van der Waals surface area contributed by atoms with Crippen molar-refractivity contribution in [2.24, 2.45) is 0 Å². The van der Waals surface area contributed by atoms with E-state index in [4.69, 9.17) is 0 Å². The first-order chi connectivity index (χ1) is 12.2. The minimum atomic E-state index is -3.68. The summed E-state index contributed by atoms with van der Waals surface area (Å²) in [5.74, 6) is -0.327. The van der Waals surface area contributed by atoms with Crippen molar-refractivity contribution in [1.29, 1.82) is 0 Å². The lowest BCUT2D eigenvalue weighted by Crippen LogP contribution is -2.41. The molecule has 2 rings (SSSR count). The number of rotatable bonds is 8. The van der Waals surface area contributed by atoms with E-state index in [2.05, 4.69) is 5.32 Å². The Balaban J connectivity index is 1.97. The summed E-state index contributed by atoms with van der Waals surface area (Å²) in [7, 11) is 1.63. The van der Waals surface area contributed by atoms with Crippen LogP contribution >= 0.6 is 11.3 Å². The molecule has 1 atom stereocenters. The van der Waals surface area contributed by atoms with Gasteiger partial charge >= 0.3 is 0 Å². The number of nitrogens with zero attached hydrogens (tertiary/aromatic N) is 2. The van der Waals surface area contributed by atoms with Crippen LogP contribution in [0, 0.1) is 6.92 Å². The summed E-state index contributed by atoms with van der Waals surface area (Å²) in [5.41, 5.74) is 0.979. The molecule has 1 amide bonds. The summed E-state index contributed by atoms with van der Waals surface area (Å²) >= 11 is 1.63. The monoisotopic (exact) mass is 395 g/mol. The van der Waals surface area contributed by atoms with Crippen LogP contribution < -0.4 is 5.32 Å². The van der Waals surface area contributed by atoms with E-state index in [0.717, 1.165) is 14.7 Å². The highest BCUT2D eigenvalue weighted by atomic mass is 32.2. The molecule has 0 saturated heterocycles. The Labute approximate surface area is 159 Å². The van der Waals surface area contributed by atoms with Crippen molar-refractivity contribution in [1.82, 2.24) is 14.5 Å². The lowest BCUT2D eigenvalue weighted by atomic mass is 10.2. The van der Waals surface area contributed by atoms with Crippen LogP contribution in [0.5, 0.6) is 0 Å². The Hall–Kier alpha value is -1.74. The van der Waals surface area contributed by atoms with Gasteiger partial charge in [-0.3, -0.25) is 4.79 Å². The number of carbonyl (C=O) groups excluding carboxylic acids is 1. The van der Waals surface area contributed by atoms with E-state index in [-0.39, 0.29) is 23.4 Å². The number of sulfonamides is 1. The van der Waals surface area contributed by atoms with Gasteiger partial charge in [-0.25, -0.2) is 8.42 Å². The molecule has 2 aromatic rings. The van der Waals surface area contributed by atoms with Gasteiger partial charge in [-0.2, -0.15) is 4.31 Å². The van der Waals surface area contributed by atoms with Gasteiger partial charge < -0.3 is 10.2 Å². The van der Waals surface area contributed by atoms with Crippen LogP contribution in [0.2, 0.25) is 0 Å². The molecular formula is C18H25N3O3S2.